The number of carbonyl (C=O) groups is 1. The van der Waals surface area contributed by atoms with Crippen LogP contribution in [0.3, 0.4) is 0 Å². The van der Waals surface area contributed by atoms with Crippen molar-refractivity contribution in [3.05, 3.63) is 47.8 Å². The zero-order valence-corrected chi connectivity index (χ0v) is 18.2. The number of nitrogens with one attached hydrogen (secondary N) is 1. The molecule has 0 spiro atoms. The molecular formula is C24H21F3N4O3. The summed E-state index contributed by atoms with van der Waals surface area (Å²) in [6.07, 6.45) is 4.98. The van der Waals surface area contributed by atoms with Crippen LogP contribution in [0.1, 0.15) is 41.6 Å². The molecule has 0 unspecified atom stereocenters. The number of ether oxygens (including phenoxy) is 2. The first-order valence-corrected chi connectivity index (χ1v) is 10.9. The van der Waals surface area contributed by atoms with Gasteiger partial charge < -0.3 is 14.8 Å². The molecule has 5 rings (SSSR count). The standard InChI is InChI=1S/C24H21F3N4O3/c1-33-19-7-13(8-20(34-23(26)27)21(19)22(32)30-17-9-16(17)25)15-10-29-31-11-14(3-4-18(15)31)24(12-28)5-2-6-24/h3-4,7-8,10-11,16-17,23H,2,5-6,9H2,1H3,(H,30,32)/t16-,17+/m0/s1. The van der Waals surface area contributed by atoms with Crippen molar-refractivity contribution in [2.45, 2.75) is 49.9 Å². The highest BCUT2D eigenvalue weighted by molar-refractivity contribution is 6.01. The molecule has 3 aromatic rings. The number of amides is 1. The van der Waals surface area contributed by atoms with Crippen LogP contribution < -0.4 is 14.8 Å². The summed E-state index contributed by atoms with van der Waals surface area (Å²) in [5.41, 5.74) is 1.86. The predicted octanol–water partition coefficient (Wildman–Crippen LogP) is 4.40. The molecule has 2 fully saturated rings. The monoisotopic (exact) mass is 470 g/mol. The summed E-state index contributed by atoms with van der Waals surface area (Å²) in [6, 6.07) is 8.30. The lowest BCUT2D eigenvalue weighted by molar-refractivity contribution is -0.0502. The second-order valence-electron chi connectivity index (χ2n) is 8.62. The molecular weight excluding hydrogens is 449 g/mol. The highest BCUT2D eigenvalue weighted by Crippen LogP contribution is 2.44. The first-order valence-electron chi connectivity index (χ1n) is 10.9. The van der Waals surface area contributed by atoms with E-state index >= 15 is 0 Å². The molecule has 0 saturated heterocycles. The van der Waals surface area contributed by atoms with Gasteiger partial charge in [0.1, 0.15) is 23.2 Å². The summed E-state index contributed by atoms with van der Waals surface area (Å²) in [5, 5.41) is 16.5. The van der Waals surface area contributed by atoms with Gasteiger partial charge in [-0.1, -0.05) is 6.07 Å². The predicted molar refractivity (Wildman–Crippen MR) is 116 cm³/mol. The first kappa shape index (κ1) is 22.1. The van der Waals surface area contributed by atoms with Crippen molar-refractivity contribution >= 4 is 11.4 Å². The fraction of sp³-hybridized carbons (Fsp3) is 0.375. The van der Waals surface area contributed by atoms with Crippen LogP contribution in [0.2, 0.25) is 0 Å². The lowest BCUT2D eigenvalue weighted by Crippen LogP contribution is -2.32. The van der Waals surface area contributed by atoms with Crippen LogP contribution in [0.4, 0.5) is 13.2 Å². The molecule has 1 N–H and O–H groups in total. The number of pyridine rings is 1. The van der Waals surface area contributed by atoms with Crippen molar-refractivity contribution in [2.24, 2.45) is 0 Å². The average molecular weight is 470 g/mol. The van der Waals surface area contributed by atoms with E-state index in [2.05, 4.69) is 21.2 Å². The largest absolute Gasteiger partial charge is 0.496 e. The van der Waals surface area contributed by atoms with Gasteiger partial charge in [-0.25, -0.2) is 8.91 Å². The Hall–Kier alpha value is -3.74. The Balaban J connectivity index is 1.57. The molecule has 2 aliphatic carbocycles. The molecule has 0 radical (unpaired) electrons. The zero-order valence-electron chi connectivity index (χ0n) is 18.2. The van der Waals surface area contributed by atoms with Crippen LogP contribution in [0.5, 0.6) is 11.5 Å². The molecule has 2 saturated carbocycles. The van der Waals surface area contributed by atoms with Crippen molar-refractivity contribution in [3.8, 4) is 28.7 Å². The van der Waals surface area contributed by atoms with Gasteiger partial charge in [0.2, 0.25) is 0 Å². The molecule has 2 aliphatic rings. The number of rotatable bonds is 7. The number of benzene rings is 1. The molecule has 1 amide bonds. The normalized spacial score (nSPS) is 20.5. The third kappa shape index (κ3) is 3.71. The molecule has 1 aromatic carbocycles. The van der Waals surface area contributed by atoms with E-state index in [-0.39, 0.29) is 23.5 Å². The van der Waals surface area contributed by atoms with Gasteiger partial charge in [0.05, 0.1) is 36.3 Å². The number of nitriles is 1. The maximum Gasteiger partial charge on any atom is 0.387 e. The second-order valence-corrected chi connectivity index (χ2v) is 8.62. The van der Waals surface area contributed by atoms with Gasteiger partial charge in [0.25, 0.3) is 5.91 Å². The number of carbonyl (C=O) groups excluding carboxylic acids is 1. The van der Waals surface area contributed by atoms with E-state index in [4.69, 9.17) is 4.74 Å². The molecule has 2 heterocycles. The number of alkyl halides is 3. The molecule has 0 aliphatic heterocycles. The number of methoxy groups -OCH3 is 1. The summed E-state index contributed by atoms with van der Waals surface area (Å²) in [5.74, 6) is -1.13. The topological polar surface area (TPSA) is 88.7 Å². The van der Waals surface area contributed by atoms with E-state index < -0.39 is 30.1 Å². The van der Waals surface area contributed by atoms with E-state index in [9.17, 15) is 23.2 Å². The molecule has 10 heteroatoms. The Morgan fingerprint density at radius 3 is 2.65 bits per heavy atom. The van der Waals surface area contributed by atoms with Crippen molar-refractivity contribution < 1.29 is 27.4 Å². The molecule has 0 bridgehead atoms. The Morgan fingerprint density at radius 2 is 2.06 bits per heavy atom. The Morgan fingerprint density at radius 1 is 1.32 bits per heavy atom. The number of halogens is 3. The number of aromatic nitrogens is 2. The van der Waals surface area contributed by atoms with Crippen LogP contribution >= 0.6 is 0 Å². The minimum Gasteiger partial charge on any atom is -0.496 e. The Labute approximate surface area is 193 Å². The minimum atomic E-state index is -3.18. The number of hydrogen-bond donors (Lipinski definition) is 1. The summed E-state index contributed by atoms with van der Waals surface area (Å²) in [7, 11) is 1.31. The van der Waals surface area contributed by atoms with Crippen LogP contribution in [0.25, 0.3) is 16.6 Å². The summed E-state index contributed by atoms with van der Waals surface area (Å²) >= 11 is 0. The molecule has 2 aromatic heterocycles. The van der Waals surface area contributed by atoms with Crippen LogP contribution in [0.15, 0.2) is 36.7 Å². The third-order valence-electron chi connectivity index (χ3n) is 6.56. The van der Waals surface area contributed by atoms with Crippen molar-refractivity contribution in [2.75, 3.05) is 7.11 Å². The van der Waals surface area contributed by atoms with Gasteiger partial charge in [-0.3, -0.25) is 4.79 Å². The summed E-state index contributed by atoms with van der Waals surface area (Å²) in [6.45, 7) is -3.18. The molecule has 34 heavy (non-hydrogen) atoms. The fourth-order valence-electron chi connectivity index (χ4n) is 4.36. The van der Waals surface area contributed by atoms with E-state index in [1.807, 2.05) is 12.1 Å². The zero-order chi connectivity index (χ0) is 24.0. The SMILES string of the molecule is COc1cc(-c2cnn3cc(C4(C#N)CCC4)ccc23)cc(OC(F)F)c1C(=O)N[C@@H]1C[C@@H]1F. The van der Waals surface area contributed by atoms with Gasteiger partial charge in [0, 0.05) is 18.2 Å². The van der Waals surface area contributed by atoms with E-state index in [0.29, 0.717) is 16.6 Å². The number of fused-ring (bicyclic) bond motifs is 1. The quantitative estimate of drug-likeness (QED) is 0.553. The van der Waals surface area contributed by atoms with Crippen molar-refractivity contribution in [1.82, 2.24) is 14.9 Å². The van der Waals surface area contributed by atoms with Gasteiger partial charge in [-0.2, -0.15) is 19.1 Å². The summed E-state index contributed by atoms with van der Waals surface area (Å²) < 4.78 is 51.3. The fourth-order valence-corrected chi connectivity index (χ4v) is 4.36. The van der Waals surface area contributed by atoms with Crippen molar-refractivity contribution in [1.29, 1.82) is 5.26 Å². The summed E-state index contributed by atoms with van der Waals surface area (Å²) in [4.78, 5) is 12.7. The van der Waals surface area contributed by atoms with E-state index in [0.717, 1.165) is 24.8 Å². The van der Waals surface area contributed by atoms with Crippen LogP contribution in [-0.4, -0.2) is 41.5 Å². The average Bonchev–Trinajstić information content (AvgIpc) is 3.29. The smallest absolute Gasteiger partial charge is 0.387 e. The van der Waals surface area contributed by atoms with E-state index in [1.165, 1.54) is 19.2 Å². The molecule has 2 atom stereocenters. The van der Waals surface area contributed by atoms with Gasteiger partial charge >= 0.3 is 6.61 Å². The Bertz CT molecular complexity index is 1310. The molecule has 176 valence electrons. The second kappa shape index (κ2) is 8.24. The van der Waals surface area contributed by atoms with Gasteiger partial charge in [-0.15, -0.1) is 0 Å². The highest BCUT2D eigenvalue weighted by Gasteiger charge is 2.40. The maximum absolute atomic E-state index is 13.3. The third-order valence-corrected chi connectivity index (χ3v) is 6.56. The van der Waals surface area contributed by atoms with Crippen LogP contribution in [0, 0.1) is 11.3 Å². The minimum absolute atomic E-state index is 0.00980. The van der Waals surface area contributed by atoms with E-state index in [1.54, 1.807) is 16.9 Å². The lowest BCUT2D eigenvalue weighted by atomic mass is 9.66. The van der Waals surface area contributed by atoms with Crippen molar-refractivity contribution in [3.63, 3.8) is 0 Å². The lowest BCUT2D eigenvalue weighted by Gasteiger charge is -2.35. The number of hydrogen-bond acceptors (Lipinski definition) is 5. The Kier molecular flexibility index (Phi) is 5.35. The maximum atomic E-state index is 13.3. The molecule has 7 nitrogen and oxygen atoms in total. The van der Waals surface area contributed by atoms with Crippen LogP contribution in [-0.2, 0) is 5.41 Å². The highest BCUT2D eigenvalue weighted by atomic mass is 19.3. The van der Waals surface area contributed by atoms with Gasteiger partial charge in [-0.05, 0) is 48.6 Å². The number of nitrogens with zero attached hydrogens (tertiary/aromatic N) is 3. The van der Waals surface area contributed by atoms with Gasteiger partial charge in [0.15, 0.2) is 0 Å². The first-order chi connectivity index (χ1) is 16.3.